The zero-order valence-electron chi connectivity index (χ0n) is 10.5. The molecule has 0 fully saturated rings. The first-order chi connectivity index (χ1) is 8.21. The van der Waals surface area contributed by atoms with E-state index >= 15 is 0 Å². The van der Waals surface area contributed by atoms with E-state index in [4.69, 9.17) is 5.73 Å². The molecule has 2 N–H and O–H groups in total. The Morgan fingerprint density at radius 1 is 1.18 bits per heavy atom. The van der Waals surface area contributed by atoms with Gasteiger partial charge in [-0.3, -0.25) is 0 Å². The average molecular weight is 227 g/mol. The largest absolute Gasteiger partial charge is 0.320 e. The van der Waals surface area contributed by atoms with Crippen molar-refractivity contribution in [1.82, 2.24) is 0 Å². The van der Waals surface area contributed by atoms with Crippen molar-refractivity contribution in [1.29, 1.82) is 0 Å². The molecule has 0 aliphatic rings. The zero-order chi connectivity index (χ0) is 13.1. The van der Waals surface area contributed by atoms with E-state index in [1.54, 1.807) is 18.2 Å². The summed E-state index contributed by atoms with van der Waals surface area (Å²) in [7, 11) is 0. The molecule has 1 unspecified atom stereocenters. The van der Waals surface area contributed by atoms with Gasteiger partial charge in [-0.25, -0.2) is 0 Å². The van der Waals surface area contributed by atoms with Gasteiger partial charge in [-0.15, -0.1) is 6.58 Å². The molecule has 1 aromatic carbocycles. The molecule has 0 heterocycles. The van der Waals surface area contributed by atoms with Crippen molar-refractivity contribution in [2.45, 2.75) is 13.0 Å². The van der Waals surface area contributed by atoms with Gasteiger partial charge in [-0.05, 0) is 18.1 Å². The van der Waals surface area contributed by atoms with Crippen molar-refractivity contribution in [3.8, 4) is 0 Å². The monoisotopic (exact) mass is 227 g/mol. The van der Waals surface area contributed by atoms with Crippen molar-refractivity contribution in [2.24, 2.45) is 5.73 Å². The average Bonchev–Trinajstić information content (AvgIpc) is 2.37. The van der Waals surface area contributed by atoms with Gasteiger partial charge < -0.3 is 5.73 Å². The highest BCUT2D eigenvalue weighted by Crippen LogP contribution is 2.19. The minimum Gasteiger partial charge on any atom is -0.320 e. The summed E-state index contributed by atoms with van der Waals surface area (Å²) >= 11 is 0. The number of nitrogens with two attached hydrogens (primary N) is 1. The molecule has 0 saturated heterocycles. The summed E-state index contributed by atoms with van der Waals surface area (Å²) in [6.45, 7) is 12.6. The Morgan fingerprint density at radius 2 is 1.71 bits per heavy atom. The Bertz CT molecular complexity index is 374. The van der Waals surface area contributed by atoms with Crippen molar-refractivity contribution in [3.05, 3.63) is 85.5 Å². The molecule has 1 nitrogen and oxygen atoms in total. The zero-order valence-corrected chi connectivity index (χ0v) is 10.5. The third kappa shape index (κ3) is 5.69. The first-order valence-electron chi connectivity index (χ1n) is 5.53. The normalized spacial score (nSPS) is 11.8. The predicted molar refractivity (Wildman–Crippen MR) is 77.7 cm³/mol. The van der Waals surface area contributed by atoms with E-state index in [1.165, 1.54) is 0 Å². The van der Waals surface area contributed by atoms with E-state index in [1.807, 2.05) is 43.3 Å². The molecule has 1 rings (SSSR count). The Hall–Kier alpha value is -1.86. The molecule has 17 heavy (non-hydrogen) atoms. The highest BCUT2D eigenvalue weighted by atomic mass is 14.6. The molecule has 0 spiro atoms. The Balaban J connectivity index is 0.000000770. The number of hydrogen-bond donors (Lipinski definition) is 1. The Labute approximate surface area is 105 Å². The van der Waals surface area contributed by atoms with Crippen molar-refractivity contribution < 1.29 is 0 Å². The summed E-state index contributed by atoms with van der Waals surface area (Å²) in [5.41, 5.74) is 8.11. The van der Waals surface area contributed by atoms with Crippen LogP contribution in [0.2, 0.25) is 0 Å². The van der Waals surface area contributed by atoms with Crippen LogP contribution < -0.4 is 5.73 Å². The quantitative estimate of drug-likeness (QED) is 0.606. The van der Waals surface area contributed by atoms with E-state index in [2.05, 4.69) is 19.7 Å². The molecule has 0 aliphatic heterocycles. The fourth-order valence-corrected chi connectivity index (χ4v) is 1.29. The molecule has 0 amide bonds. The summed E-state index contributed by atoms with van der Waals surface area (Å²) in [6.07, 6.45) is 7.11. The predicted octanol–water partition coefficient (Wildman–Crippen LogP) is 4.18. The van der Waals surface area contributed by atoms with Crippen LogP contribution in [0.25, 0.3) is 0 Å². The van der Waals surface area contributed by atoms with Gasteiger partial charge in [0.2, 0.25) is 0 Å². The minimum absolute atomic E-state index is 0.119. The van der Waals surface area contributed by atoms with Crippen LogP contribution in [0.1, 0.15) is 18.5 Å². The van der Waals surface area contributed by atoms with Crippen LogP contribution in [0.15, 0.2) is 79.9 Å². The number of allylic oxidation sites excluding steroid dienone is 3. The fraction of sp³-hybridized carbons (Fsp3) is 0.125. The second kappa shape index (κ2) is 9.37. The van der Waals surface area contributed by atoms with Crippen LogP contribution in [0, 0.1) is 0 Å². The smallest absolute Gasteiger partial charge is 0.0551 e. The summed E-state index contributed by atoms with van der Waals surface area (Å²) in [6, 6.07) is 9.82. The van der Waals surface area contributed by atoms with Crippen LogP contribution in [0.3, 0.4) is 0 Å². The molecule has 1 aromatic rings. The van der Waals surface area contributed by atoms with Crippen molar-refractivity contribution >= 4 is 0 Å². The van der Waals surface area contributed by atoms with E-state index in [0.717, 1.165) is 11.1 Å². The van der Waals surface area contributed by atoms with Gasteiger partial charge in [0, 0.05) is 0 Å². The lowest BCUT2D eigenvalue weighted by Crippen LogP contribution is -2.11. The molecule has 0 aromatic heterocycles. The molecular weight excluding hydrogens is 206 g/mol. The van der Waals surface area contributed by atoms with Crippen molar-refractivity contribution in [3.63, 3.8) is 0 Å². The van der Waals surface area contributed by atoms with Gasteiger partial charge in [0.25, 0.3) is 0 Å². The summed E-state index contributed by atoms with van der Waals surface area (Å²) in [4.78, 5) is 0. The van der Waals surface area contributed by atoms with Gasteiger partial charge >= 0.3 is 0 Å². The van der Waals surface area contributed by atoms with Crippen LogP contribution in [0.4, 0.5) is 0 Å². The SMILES string of the molecule is C=C/C=C(\C=C)C(N)c1ccccc1.C=CC. The summed E-state index contributed by atoms with van der Waals surface area (Å²) in [5.74, 6) is 0. The maximum absolute atomic E-state index is 6.05. The van der Waals surface area contributed by atoms with Gasteiger partial charge in [0.1, 0.15) is 0 Å². The van der Waals surface area contributed by atoms with Crippen LogP contribution in [-0.4, -0.2) is 0 Å². The molecule has 1 atom stereocenters. The Kier molecular flexibility index (Phi) is 8.35. The highest BCUT2D eigenvalue weighted by molar-refractivity contribution is 5.34. The first kappa shape index (κ1) is 15.1. The molecule has 0 saturated carbocycles. The summed E-state index contributed by atoms with van der Waals surface area (Å²) in [5, 5.41) is 0. The molecular formula is C16H21N. The molecule has 0 aliphatic carbocycles. The van der Waals surface area contributed by atoms with Crippen LogP contribution >= 0.6 is 0 Å². The summed E-state index contributed by atoms with van der Waals surface area (Å²) < 4.78 is 0. The van der Waals surface area contributed by atoms with E-state index in [0.29, 0.717) is 0 Å². The third-order valence-electron chi connectivity index (χ3n) is 2.06. The third-order valence-corrected chi connectivity index (χ3v) is 2.06. The van der Waals surface area contributed by atoms with Crippen molar-refractivity contribution in [2.75, 3.05) is 0 Å². The Morgan fingerprint density at radius 3 is 2.12 bits per heavy atom. The van der Waals surface area contributed by atoms with Gasteiger partial charge in [-0.1, -0.05) is 67.8 Å². The second-order valence-corrected chi connectivity index (χ2v) is 3.40. The number of rotatable bonds is 4. The molecule has 0 radical (unpaired) electrons. The standard InChI is InChI=1S/C13H15N.C3H6/c1-3-8-11(4-2)13(14)12-9-6-5-7-10-12;1-3-2/h3-10,13H,1-2,14H2;3H,1H2,2H3/b11-8+;. The lowest BCUT2D eigenvalue weighted by Gasteiger charge is -2.12. The maximum atomic E-state index is 6.05. The van der Waals surface area contributed by atoms with Gasteiger partial charge in [-0.2, -0.15) is 0 Å². The molecule has 90 valence electrons. The topological polar surface area (TPSA) is 26.0 Å². The van der Waals surface area contributed by atoms with Crippen LogP contribution in [0.5, 0.6) is 0 Å². The lowest BCUT2D eigenvalue weighted by atomic mass is 9.99. The van der Waals surface area contributed by atoms with Crippen LogP contribution in [-0.2, 0) is 0 Å². The second-order valence-electron chi connectivity index (χ2n) is 3.40. The van der Waals surface area contributed by atoms with Gasteiger partial charge in [0.05, 0.1) is 6.04 Å². The number of benzene rings is 1. The number of hydrogen-bond acceptors (Lipinski definition) is 1. The minimum atomic E-state index is -0.119. The molecule has 1 heteroatoms. The molecule has 0 bridgehead atoms. The maximum Gasteiger partial charge on any atom is 0.0551 e. The lowest BCUT2D eigenvalue weighted by molar-refractivity contribution is 0.871. The van der Waals surface area contributed by atoms with E-state index < -0.39 is 0 Å². The first-order valence-corrected chi connectivity index (χ1v) is 5.53. The van der Waals surface area contributed by atoms with Gasteiger partial charge in [0.15, 0.2) is 0 Å². The van der Waals surface area contributed by atoms with E-state index in [-0.39, 0.29) is 6.04 Å². The fourth-order valence-electron chi connectivity index (χ4n) is 1.29. The highest BCUT2D eigenvalue weighted by Gasteiger charge is 2.06. The van der Waals surface area contributed by atoms with E-state index in [9.17, 15) is 0 Å².